The normalized spacial score (nSPS) is 15.2. The van der Waals surface area contributed by atoms with Gasteiger partial charge in [-0.25, -0.2) is 14.5 Å². The van der Waals surface area contributed by atoms with Gasteiger partial charge >= 0.3 is 5.97 Å². The largest absolute Gasteiger partial charge is 0.466 e. The van der Waals surface area contributed by atoms with Crippen molar-refractivity contribution in [2.75, 3.05) is 7.11 Å². The summed E-state index contributed by atoms with van der Waals surface area (Å²) in [4.78, 5) is 32.6. The van der Waals surface area contributed by atoms with Crippen LogP contribution in [0, 0.1) is 6.92 Å². The number of aromatic nitrogens is 3. The van der Waals surface area contributed by atoms with Crippen LogP contribution in [-0.2, 0) is 14.9 Å². The van der Waals surface area contributed by atoms with Crippen molar-refractivity contribution in [3.05, 3.63) is 138 Å². The van der Waals surface area contributed by atoms with Crippen molar-refractivity contribution in [2.24, 2.45) is 4.99 Å². The van der Waals surface area contributed by atoms with Crippen LogP contribution in [-0.4, -0.2) is 27.4 Å². The molecule has 1 aliphatic rings. The summed E-state index contributed by atoms with van der Waals surface area (Å²) in [6, 6.07) is 25.5. The molecule has 1 unspecified atom stereocenters. The van der Waals surface area contributed by atoms with Crippen LogP contribution in [0.2, 0.25) is 0 Å². The van der Waals surface area contributed by atoms with Gasteiger partial charge in [0.15, 0.2) is 4.80 Å². The van der Waals surface area contributed by atoms with Crippen LogP contribution in [0.25, 0.3) is 23.0 Å². The molecule has 0 N–H and O–H groups in total. The number of para-hydroxylation sites is 1. The quantitative estimate of drug-likeness (QED) is 0.236. The third-order valence-corrected chi connectivity index (χ3v) is 8.88. The fraction of sp³-hybridized carbons (Fsp3) is 0.222. The molecule has 0 saturated heterocycles. The Morgan fingerprint density at radius 1 is 0.955 bits per heavy atom. The number of methoxy groups -OCH3 is 1. The van der Waals surface area contributed by atoms with Gasteiger partial charge in [-0.15, -0.1) is 0 Å². The van der Waals surface area contributed by atoms with Crippen LogP contribution in [0.5, 0.6) is 0 Å². The molecule has 0 radical (unpaired) electrons. The number of aryl methyl sites for hydroxylation is 1. The molecule has 8 heteroatoms. The Bertz CT molecular complexity index is 2080. The Labute approximate surface area is 260 Å². The van der Waals surface area contributed by atoms with E-state index in [4.69, 9.17) is 14.8 Å². The summed E-state index contributed by atoms with van der Waals surface area (Å²) in [6.45, 7) is 10.3. The molecule has 2 aromatic heterocycles. The van der Waals surface area contributed by atoms with Crippen molar-refractivity contribution < 1.29 is 9.53 Å². The van der Waals surface area contributed by atoms with Crippen LogP contribution in [0.15, 0.2) is 106 Å². The van der Waals surface area contributed by atoms with E-state index >= 15 is 0 Å². The first-order valence-corrected chi connectivity index (χ1v) is 15.3. The van der Waals surface area contributed by atoms with Crippen molar-refractivity contribution in [2.45, 2.75) is 46.1 Å². The second-order valence-corrected chi connectivity index (χ2v) is 13.0. The van der Waals surface area contributed by atoms with Crippen molar-refractivity contribution in [3.8, 4) is 16.9 Å². The van der Waals surface area contributed by atoms with Gasteiger partial charge in [0.05, 0.1) is 40.3 Å². The second-order valence-electron chi connectivity index (χ2n) is 12.0. The van der Waals surface area contributed by atoms with E-state index in [-0.39, 0.29) is 11.0 Å². The summed E-state index contributed by atoms with van der Waals surface area (Å²) < 4.78 is 9.13. The summed E-state index contributed by atoms with van der Waals surface area (Å²) in [6.07, 6.45) is 3.82. The lowest BCUT2D eigenvalue weighted by atomic mass is 9.85. The fourth-order valence-electron chi connectivity index (χ4n) is 5.46. The van der Waals surface area contributed by atoms with Crippen molar-refractivity contribution in [1.29, 1.82) is 0 Å². The number of benzene rings is 3. The molecule has 3 heterocycles. The summed E-state index contributed by atoms with van der Waals surface area (Å²) >= 11 is 1.30. The lowest BCUT2D eigenvalue weighted by Gasteiger charge is -2.25. The van der Waals surface area contributed by atoms with Crippen LogP contribution in [0.3, 0.4) is 0 Å². The van der Waals surface area contributed by atoms with Crippen LogP contribution in [0.1, 0.15) is 56.0 Å². The number of carbonyl (C=O) groups is 1. The molecule has 0 aliphatic carbocycles. The number of hydrogen-bond donors (Lipinski definition) is 0. The van der Waals surface area contributed by atoms with E-state index in [1.165, 1.54) is 18.4 Å². The predicted octanol–water partition coefficient (Wildman–Crippen LogP) is 5.87. The first kappa shape index (κ1) is 29.3. The van der Waals surface area contributed by atoms with Gasteiger partial charge in [0.2, 0.25) is 0 Å². The van der Waals surface area contributed by atoms with E-state index in [9.17, 15) is 9.59 Å². The molecular weight excluding hydrogens is 568 g/mol. The summed E-state index contributed by atoms with van der Waals surface area (Å²) in [7, 11) is 1.35. The maximum absolute atomic E-state index is 14.2. The van der Waals surface area contributed by atoms with Gasteiger partial charge in [0, 0.05) is 17.3 Å². The Balaban J connectivity index is 1.55. The summed E-state index contributed by atoms with van der Waals surface area (Å²) in [5.74, 6) is -0.503. The second kappa shape index (κ2) is 11.4. The molecule has 222 valence electrons. The number of hydrogen-bond acceptors (Lipinski definition) is 6. The molecule has 0 amide bonds. The Hall–Kier alpha value is -4.82. The van der Waals surface area contributed by atoms with Gasteiger partial charge in [-0.2, -0.15) is 5.10 Å². The van der Waals surface area contributed by atoms with E-state index in [2.05, 4.69) is 45.0 Å². The molecular formula is C36H34N4O3S. The van der Waals surface area contributed by atoms with Gasteiger partial charge in [-0.3, -0.25) is 9.36 Å². The smallest absolute Gasteiger partial charge is 0.338 e. The Morgan fingerprint density at radius 3 is 2.27 bits per heavy atom. The van der Waals surface area contributed by atoms with Gasteiger partial charge in [-0.05, 0) is 48.6 Å². The zero-order valence-corrected chi connectivity index (χ0v) is 26.5. The average molecular weight is 603 g/mol. The third-order valence-electron chi connectivity index (χ3n) is 7.89. The Kier molecular flexibility index (Phi) is 7.55. The number of thiazole rings is 1. The number of allylic oxidation sites excluding steroid dienone is 1. The lowest BCUT2D eigenvalue weighted by Crippen LogP contribution is -2.39. The lowest BCUT2D eigenvalue weighted by molar-refractivity contribution is -0.136. The first-order valence-electron chi connectivity index (χ1n) is 14.5. The minimum absolute atomic E-state index is 0.0385. The molecule has 0 fully saturated rings. The van der Waals surface area contributed by atoms with Gasteiger partial charge in [-0.1, -0.05) is 104 Å². The zero-order valence-electron chi connectivity index (χ0n) is 25.7. The van der Waals surface area contributed by atoms with E-state index in [1.54, 1.807) is 11.5 Å². The highest BCUT2D eigenvalue weighted by atomic mass is 32.1. The number of esters is 1. The number of nitrogens with zero attached hydrogens (tertiary/aromatic N) is 4. The molecule has 3 aromatic carbocycles. The summed E-state index contributed by atoms with van der Waals surface area (Å²) in [5, 5.41) is 4.93. The molecule has 1 aliphatic heterocycles. The molecule has 5 aromatic rings. The number of carbonyl (C=O) groups excluding carboxylic acids is 1. The summed E-state index contributed by atoms with van der Waals surface area (Å²) in [5.41, 5.74) is 7.18. The fourth-order valence-corrected chi connectivity index (χ4v) is 6.49. The number of rotatable bonds is 5. The first-order chi connectivity index (χ1) is 21.0. The molecule has 6 rings (SSSR count). The van der Waals surface area contributed by atoms with E-state index in [1.807, 2.05) is 78.5 Å². The highest BCUT2D eigenvalue weighted by Gasteiger charge is 2.33. The van der Waals surface area contributed by atoms with Gasteiger partial charge in [0.1, 0.15) is 0 Å². The highest BCUT2D eigenvalue weighted by Crippen LogP contribution is 2.32. The molecule has 0 bridgehead atoms. The van der Waals surface area contributed by atoms with E-state index < -0.39 is 12.0 Å². The highest BCUT2D eigenvalue weighted by molar-refractivity contribution is 7.07. The van der Waals surface area contributed by atoms with Crippen molar-refractivity contribution in [1.82, 2.24) is 14.3 Å². The maximum Gasteiger partial charge on any atom is 0.338 e. The topological polar surface area (TPSA) is 78.5 Å². The van der Waals surface area contributed by atoms with Gasteiger partial charge < -0.3 is 4.74 Å². The number of ether oxygens (including phenoxy) is 1. The van der Waals surface area contributed by atoms with E-state index in [0.29, 0.717) is 20.6 Å². The van der Waals surface area contributed by atoms with Crippen molar-refractivity contribution >= 4 is 23.4 Å². The molecule has 0 spiro atoms. The third kappa shape index (κ3) is 5.37. The van der Waals surface area contributed by atoms with E-state index in [0.717, 1.165) is 39.2 Å². The van der Waals surface area contributed by atoms with Crippen LogP contribution < -0.4 is 14.9 Å². The minimum atomic E-state index is -0.668. The van der Waals surface area contributed by atoms with Crippen molar-refractivity contribution in [3.63, 3.8) is 0 Å². The average Bonchev–Trinajstić information content (AvgIpc) is 3.57. The standard InChI is InChI=1S/C36H34N4O3S/c1-22-12-14-24(15-13-22)31-26(21-39(38-31)28-10-8-7-9-11-28)20-29-33(41)40-32(25-16-18-27(19-17-25)36(3,4)5)30(34(42)43-6)23(2)37-35(40)44-29/h7-21,32H,1-6H3. The zero-order chi connectivity index (χ0) is 31.2. The minimum Gasteiger partial charge on any atom is -0.466 e. The number of fused-ring (bicyclic) bond motifs is 1. The molecule has 7 nitrogen and oxygen atoms in total. The maximum atomic E-state index is 14.2. The van der Waals surface area contributed by atoms with Gasteiger partial charge in [0.25, 0.3) is 5.56 Å². The predicted molar refractivity (Wildman–Crippen MR) is 175 cm³/mol. The SMILES string of the molecule is COC(=O)C1=C(C)N=c2sc(=Cc3cn(-c4ccccc4)nc3-c3ccc(C)cc3)c(=O)n2C1c1ccc(C(C)(C)C)cc1. The van der Waals surface area contributed by atoms with Crippen LogP contribution >= 0.6 is 11.3 Å². The molecule has 1 atom stereocenters. The Morgan fingerprint density at radius 2 is 1.64 bits per heavy atom. The van der Waals surface area contributed by atoms with Crippen LogP contribution in [0.4, 0.5) is 0 Å². The molecule has 0 saturated carbocycles. The monoisotopic (exact) mass is 602 g/mol. The molecule has 44 heavy (non-hydrogen) atoms.